The summed E-state index contributed by atoms with van der Waals surface area (Å²) in [6.07, 6.45) is 1.33. The third-order valence-corrected chi connectivity index (χ3v) is 4.88. The molecule has 1 amide bonds. The van der Waals surface area contributed by atoms with Gasteiger partial charge in [0.25, 0.3) is 5.56 Å². The summed E-state index contributed by atoms with van der Waals surface area (Å²) in [5.41, 5.74) is 5.30. The number of fused-ring (bicyclic) bond motifs is 1. The van der Waals surface area contributed by atoms with Gasteiger partial charge in [-0.15, -0.1) is 0 Å². The first kappa shape index (κ1) is 14.9. The maximum absolute atomic E-state index is 12.3. The summed E-state index contributed by atoms with van der Waals surface area (Å²) >= 11 is 1.33. The fraction of sp³-hybridized carbons (Fsp3) is 0.538. The lowest BCUT2D eigenvalue weighted by Gasteiger charge is -2.33. The van der Waals surface area contributed by atoms with E-state index in [9.17, 15) is 9.59 Å². The Hall–Kier alpha value is -2.00. The zero-order valence-corrected chi connectivity index (χ0v) is 13.2. The van der Waals surface area contributed by atoms with Crippen LogP contribution in [-0.2, 0) is 11.3 Å². The molecule has 0 unspecified atom stereocenters. The van der Waals surface area contributed by atoms with Gasteiger partial charge in [-0.1, -0.05) is 18.3 Å². The highest BCUT2D eigenvalue weighted by Gasteiger charge is 2.20. The fourth-order valence-corrected chi connectivity index (χ4v) is 3.53. The zero-order valence-electron chi connectivity index (χ0n) is 12.4. The molecule has 0 saturated carbocycles. The maximum atomic E-state index is 12.3. The van der Waals surface area contributed by atoms with Crippen LogP contribution in [0.25, 0.3) is 10.3 Å². The molecule has 22 heavy (non-hydrogen) atoms. The van der Waals surface area contributed by atoms with E-state index >= 15 is 0 Å². The molecule has 8 nitrogen and oxygen atoms in total. The van der Waals surface area contributed by atoms with Crippen molar-refractivity contribution in [2.45, 2.75) is 13.5 Å². The predicted molar refractivity (Wildman–Crippen MR) is 85.2 cm³/mol. The van der Waals surface area contributed by atoms with Crippen molar-refractivity contribution in [3.63, 3.8) is 0 Å². The van der Waals surface area contributed by atoms with Gasteiger partial charge < -0.3 is 15.5 Å². The zero-order chi connectivity index (χ0) is 15.7. The summed E-state index contributed by atoms with van der Waals surface area (Å²) in [6, 6.07) is 0. The Morgan fingerprint density at radius 1 is 1.36 bits per heavy atom. The number of thiazole rings is 1. The quantitative estimate of drug-likeness (QED) is 0.813. The number of nitrogens with zero attached hydrogens (tertiary/aromatic N) is 5. The standard InChI is InChI=1S/C13H18N6O2S/c1-2-17-3-5-18(6-4-17)13-16-11-10(22-13)12(21)19(8-15-11)7-9(14)20/h8H,2-7H2,1H3,(H2,14,20). The van der Waals surface area contributed by atoms with Gasteiger partial charge in [-0.25, -0.2) is 4.98 Å². The van der Waals surface area contributed by atoms with Crippen LogP contribution in [0, 0.1) is 0 Å². The molecule has 1 fully saturated rings. The lowest BCUT2D eigenvalue weighted by Crippen LogP contribution is -2.46. The molecule has 0 aliphatic carbocycles. The van der Waals surface area contributed by atoms with E-state index in [2.05, 4.69) is 26.7 Å². The molecule has 2 aromatic rings. The van der Waals surface area contributed by atoms with E-state index in [0.717, 1.165) is 37.9 Å². The average Bonchev–Trinajstić information content (AvgIpc) is 2.95. The molecule has 0 bridgehead atoms. The molecule has 0 spiro atoms. The van der Waals surface area contributed by atoms with Gasteiger partial charge in [0, 0.05) is 26.2 Å². The van der Waals surface area contributed by atoms with Crippen molar-refractivity contribution in [3.05, 3.63) is 16.7 Å². The molecule has 118 valence electrons. The number of likely N-dealkylation sites (N-methyl/N-ethyl adjacent to an activating group) is 1. The molecule has 1 saturated heterocycles. The third kappa shape index (κ3) is 2.81. The number of carbonyl (C=O) groups excluding carboxylic acids is 1. The lowest BCUT2D eigenvalue weighted by molar-refractivity contribution is -0.118. The smallest absolute Gasteiger partial charge is 0.273 e. The summed E-state index contributed by atoms with van der Waals surface area (Å²) in [5, 5.41) is 0.812. The minimum absolute atomic E-state index is 0.163. The van der Waals surface area contributed by atoms with Gasteiger partial charge in [-0.2, -0.15) is 4.98 Å². The second-order valence-electron chi connectivity index (χ2n) is 5.21. The highest BCUT2D eigenvalue weighted by molar-refractivity contribution is 7.22. The van der Waals surface area contributed by atoms with E-state index in [1.807, 2.05) is 0 Å². The van der Waals surface area contributed by atoms with Crippen LogP contribution in [-0.4, -0.2) is 58.1 Å². The molecule has 0 radical (unpaired) electrons. The molecule has 0 aromatic carbocycles. The number of nitrogens with two attached hydrogens (primary N) is 1. The summed E-state index contributed by atoms with van der Waals surface area (Å²) in [7, 11) is 0. The number of hydrogen-bond donors (Lipinski definition) is 1. The van der Waals surface area contributed by atoms with E-state index in [0.29, 0.717) is 10.3 Å². The van der Waals surface area contributed by atoms with Crippen LogP contribution in [0.1, 0.15) is 6.92 Å². The van der Waals surface area contributed by atoms with Crippen molar-refractivity contribution in [2.75, 3.05) is 37.6 Å². The van der Waals surface area contributed by atoms with Crippen LogP contribution in [0.15, 0.2) is 11.1 Å². The number of hydrogen-bond acceptors (Lipinski definition) is 7. The van der Waals surface area contributed by atoms with Gasteiger partial charge in [-0.05, 0) is 6.54 Å². The van der Waals surface area contributed by atoms with Crippen LogP contribution in [0.2, 0.25) is 0 Å². The van der Waals surface area contributed by atoms with Gasteiger partial charge in [0.1, 0.15) is 17.6 Å². The van der Waals surface area contributed by atoms with Crippen molar-refractivity contribution in [1.82, 2.24) is 19.4 Å². The van der Waals surface area contributed by atoms with E-state index in [1.54, 1.807) is 0 Å². The van der Waals surface area contributed by atoms with Crippen molar-refractivity contribution in [1.29, 1.82) is 0 Å². The molecule has 3 rings (SSSR count). The summed E-state index contributed by atoms with van der Waals surface area (Å²) in [6.45, 7) is 6.81. The number of rotatable bonds is 4. The number of primary amides is 1. The highest BCUT2D eigenvalue weighted by atomic mass is 32.1. The molecule has 1 aliphatic rings. The van der Waals surface area contributed by atoms with Gasteiger partial charge in [0.2, 0.25) is 5.91 Å². The Bertz CT molecular complexity index is 747. The minimum Gasteiger partial charge on any atom is -0.368 e. The Morgan fingerprint density at radius 2 is 2.09 bits per heavy atom. The monoisotopic (exact) mass is 322 g/mol. The maximum Gasteiger partial charge on any atom is 0.273 e. The Morgan fingerprint density at radius 3 is 2.73 bits per heavy atom. The Kier molecular flexibility index (Phi) is 4.08. The first-order valence-corrected chi connectivity index (χ1v) is 8.01. The van der Waals surface area contributed by atoms with Crippen molar-refractivity contribution >= 4 is 32.7 Å². The van der Waals surface area contributed by atoms with E-state index in [-0.39, 0.29) is 12.1 Å². The largest absolute Gasteiger partial charge is 0.368 e. The van der Waals surface area contributed by atoms with Crippen molar-refractivity contribution in [2.24, 2.45) is 5.73 Å². The fourth-order valence-electron chi connectivity index (χ4n) is 2.51. The molecule has 1 aliphatic heterocycles. The van der Waals surface area contributed by atoms with Gasteiger partial charge in [0.15, 0.2) is 10.8 Å². The molecular weight excluding hydrogens is 304 g/mol. The average molecular weight is 322 g/mol. The van der Waals surface area contributed by atoms with Crippen LogP contribution in [0.5, 0.6) is 0 Å². The van der Waals surface area contributed by atoms with Gasteiger partial charge >= 0.3 is 0 Å². The number of carbonyl (C=O) groups is 1. The predicted octanol–water partition coefficient (Wildman–Crippen LogP) is -0.520. The molecule has 2 N–H and O–H groups in total. The second-order valence-corrected chi connectivity index (χ2v) is 6.19. The summed E-state index contributed by atoms with van der Waals surface area (Å²) in [4.78, 5) is 36.5. The summed E-state index contributed by atoms with van der Waals surface area (Å²) in [5.74, 6) is -0.566. The summed E-state index contributed by atoms with van der Waals surface area (Å²) < 4.78 is 1.69. The molecule has 2 aromatic heterocycles. The van der Waals surface area contributed by atoms with Gasteiger partial charge in [-0.3, -0.25) is 14.2 Å². The van der Waals surface area contributed by atoms with Gasteiger partial charge in [0.05, 0.1) is 0 Å². The van der Waals surface area contributed by atoms with E-state index < -0.39 is 5.91 Å². The first-order valence-electron chi connectivity index (χ1n) is 7.20. The minimum atomic E-state index is -0.566. The first-order chi connectivity index (χ1) is 10.6. The van der Waals surface area contributed by atoms with Crippen LogP contribution in [0.4, 0.5) is 5.13 Å². The van der Waals surface area contributed by atoms with E-state index in [4.69, 9.17) is 5.73 Å². The molecular formula is C13H18N6O2S. The SMILES string of the molecule is CCN1CCN(c2nc3ncn(CC(N)=O)c(=O)c3s2)CC1. The topological polar surface area (TPSA) is 97.3 Å². The Balaban J connectivity index is 1.88. The molecule has 9 heteroatoms. The number of anilines is 1. The van der Waals surface area contributed by atoms with E-state index in [1.165, 1.54) is 22.2 Å². The van der Waals surface area contributed by atoms with Crippen LogP contribution >= 0.6 is 11.3 Å². The Labute approximate surface area is 131 Å². The number of amides is 1. The lowest BCUT2D eigenvalue weighted by atomic mass is 10.3. The van der Waals surface area contributed by atoms with Crippen molar-refractivity contribution in [3.8, 4) is 0 Å². The third-order valence-electron chi connectivity index (χ3n) is 3.79. The highest BCUT2D eigenvalue weighted by Crippen LogP contribution is 2.26. The normalized spacial score (nSPS) is 16.3. The molecule has 0 atom stereocenters. The molecule has 3 heterocycles. The second kappa shape index (κ2) is 6.01. The number of aromatic nitrogens is 3. The van der Waals surface area contributed by atoms with Crippen LogP contribution in [0.3, 0.4) is 0 Å². The van der Waals surface area contributed by atoms with Crippen molar-refractivity contribution < 1.29 is 4.79 Å². The number of piperazine rings is 1. The van der Waals surface area contributed by atoms with Crippen LogP contribution < -0.4 is 16.2 Å².